The zero-order valence-corrected chi connectivity index (χ0v) is 10.5. The minimum atomic E-state index is -0.510. The van der Waals surface area contributed by atoms with Crippen molar-refractivity contribution < 1.29 is 9.90 Å². The molecule has 0 aliphatic heterocycles. The van der Waals surface area contributed by atoms with Crippen LogP contribution in [0.4, 0.5) is 0 Å². The Hall–Kier alpha value is -1.61. The quantitative estimate of drug-likeness (QED) is 0.842. The number of aliphatic hydroxyl groups is 1. The van der Waals surface area contributed by atoms with Crippen LogP contribution >= 0.6 is 0 Å². The predicted molar refractivity (Wildman–Crippen MR) is 70.6 cm³/mol. The van der Waals surface area contributed by atoms with Crippen LogP contribution in [0.15, 0.2) is 30.5 Å². The number of ketones is 1. The summed E-state index contributed by atoms with van der Waals surface area (Å²) in [7, 11) is 1.95. The average Bonchev–Trinajstić information content (AvgIpc) is 2.67. The Morgan fingerprint density at radius 3 is 2.72 bits per heavy atom. The Kier molecular flexibility index (Phi) is 2.52. The van der Waals surface area contributed by atoms with Crippen molar-refractivity contribution in [2.45, 2.75) is 19.3 Å². The zero-order valence-electron chi connectivity index (χ0n) is 10.5. The van der Waals surface area contributed by atoms with Crippen molar-refractivity contribution in [3.8, 4) is 0 Å². The molecule has 94 valence electrons. The van der Waals surface area contributed by atoms with Crippen LogP contribution in [0, 0.1) is 5.41 Å². The first kappa shape index (κ1) is 11.5. The minimum Gasteiger partial charge on any atom is -0.395 e. The van der Waals surface area contributed by atoms with E-state index in [9.17, 15) is 9.90 Å². The standard InChI is InChI=1S/C15H17NO2/c1-16-9-12(11-5-2-3-6-13(11)16)14(18)15(10-17)7-4-8-15/h2-3,5-6,9,17H,4,7-8,10H2,1H3. The van der Waals surface area contributed by atoms with Crippen LogP contribution in [-0.4, -0.2) is 22.1 Å². The number of Topliss-reactive ketones (excluding diaryl/α,β-unsaturated/α-hetero) is 1. The molecule has 18 heavy (non-hydrogen) atoms. The van der Waals surface area contributed by atoms with Gasteiger partial charge in [-0.3, -0.25) is 4.79 Å². The number of aromatic nitrogens is 1. The predicted octanol–water partition coefficient (Wildman–Crippen LogP) is 2.52. The molecular weight excluding hydrogens is 226 g/mol. The molecule has 1 saturated carbocycles. The highest BCUT2D eigenvalue weighted by Crippen LogP contribution is 2.44. The molecule has 0 bridgehead atoms. The van der Waals surface area contributed by atoms with E-state index in [0.29, 0.717) is 0 Å². The highest BCUT2D eigenvalue weighted by molar-refractivity contribution is 6.11. The molecule has 0 spiro atoms. The highest BCUT2D eigenvalue weighted by Gasteiger charge is 2.44. The number of para-hydroxylation sites is 1. The third kappa shape index (κ3) is 1.44. The second-order valence-corrected chi connectivity index (χ2v) is 5.29. The molecule has 3 rings (SSSR count). The van der Waals surface area contributed by atoms with Gasteiger partial charge in [-0.25, -0.2) is 0 Å². The number of nitrogens with zero attached hydrogens (tertiary/aromatic N) is 1. The number of hydrogen-bond acceptors (Lipinski definition) is 2. The first-order valence-electron chi connectivity index (χ1n) is 6.38. The summed E-state index contributed by atoms with van der Waals surface area (Å²) in [4.78, 5) is 12.6. The Balaban J connectivity index is 2.12. The van der Waals surface area contributed by atoms with E-state index in [2.05, 4.69) is 0 Å². The summed E-state index contributed by atoms with van der Waals surface area (Å²) in [5.41, 5.74) is 1.31. The van der Waals surface area contributed by atoms with E-state index in [1.807, 2.05) is 42.1 Å². The van der Waals surface area contributed by atoms with E-state index in [1.54, 1.807) is 0 Å². The average molecular weight is 243 g/mol. The minimum absolute atomic E-state index is 0.0327. The molecule has 0 radical (unpaired) electrons. The third-order valence-electron chi connectivity index (χ3n) is 4.24. The Bertz CT molecular complexity index is 602. The number of hydrogen-bond donors (Lipinski definition) is 1. The van der Waals surface area contributed by atoms with Crippen molar-refractivity contribution in [3.63, 3.8) is 0 Å². The van der Waals surface area contributed by atoms with Crippen LogP contribution in [0.5, 0.6) is 0 Å². The fraction of sp³-hybridized carbons (Fsp3) is 0.400. The van der Waals surface area contributed by atoms with Crippen LogP contribution in [0.25, 0.3) is 10.9 Å². The summed E-state index contributed by atoms with van der Waals surface area (Å²) in [5.74, 6) is 0.105. The number of aryl methyl sites for hydroxylation is 1. The molecule has 0 saturated heterocycles. The number of carbonyl (C=O) groups excluding carboxylic acids is 1. The maximum atomic E-state index is 12.6. The lowest BCUT2D eigenvalue weighted by atomic mass is 9.65. The molecule has 1 heterocycles. The molecule has 1 aromatic heterocycles. The van der Waals surface area contributed by atoms with Crippen LogP contribution in [0.2, 0.25) is 0 Å². The van der Waals surface area contributed by atoms with Crippen molar-refractivity contribution in [2.24, 2.45) is 12.5 Å². The van der Waals surface area contributed by atoms with E-state index >= 15 is 0 Å². The van der Waals surface area contributed by atoms with Gasteiger partial charge in [-0.15, -0.1) is 0 Å². The molecule has 3 nitrogen and oxygen atoms in total. The SMILES string of the molecule is Cn1cc(C(=O)C2(CO)CCC2)c2ccccc21. The largest absolute Gasteiger partial charge is 0.395 e. The van der Waals surface area contributed by atoms with Gasteiger partial charge in [0.15, 0.2) is 5.78 Å². The molecule has 1 N–H and O–H groups in total. The number of benzene rings is 1. The molecule has 0 unspecified atom stereocenters. The highest BCUT2D eigenvalue weighted by atomic mass is 16.3. The molecule has 2 aromatic rings. The lowest BCUT2D eigenvalue weighted by Crippen LogP contribution is -2.41. The second kappa shape index (κ2) is 3.95. The fourth-order valence-electron chi connectivity index (χ4n) is 2.87. The molecule has 0 amide bonds. The van der Waals surface area contributed by atoms with Gasteiger partial charge in [-0.05, 0) is 18.9 Å². The lowest BCUT2D eigenvalue weighted by Gasteiger charge is -2.38. The van der Waals surface area contributed by atoms with Crippen LogP contribution in [0.1, 0.15) is 29.6 Å². The van der Waals surface area contributed by atoms with Crippen LogP contribution in [0.3, 0.4) is 0 Å². The molecule has 1 fully saturated rings. The van der Waals surface area contributed by atoms with Gasteiger partial charge < -0.3 is 9.67 Å². The maximum absolute atomic E-state index is 12.6. The first-order valence-corrected chi connectivity index (χ1v) is 6.38. The van der Waals surface area contributed by atoms with Gasteiger partial charge in [0.1, 0.15) is 0 Å². The van der Waals surface area contributed by atoms with Crippen LogP contribution in [-0.2, 0) is 7.05 Å². The van der Waals surface area contributed by atoms with E-state index in [0.717, 1.165) is 35.7 Å². The van der Waals surface area contributed by atoms with Gasteiger partial charge in [0.2, 0.25) is 0 Å². The molecular formula is C15H17NO2. The normalized spacial score (nSPS) is 17.7. The number of aliphatic hydroxyl groups excluding tert-OH is 1. The van der Waals surface area contributed by atoms with Crippen molar-refractivity contribution in [2.75, 3.05) is 6.61 Å². The molecule has 1 aliphatic carbocycles. The van der Waals surface area contributed by atoms with E-state index < -0.39 is 5.41 Å². The Morgan fingerprint density at radius 1 is 1.39 bits per heavy atom. The van der Waals surface area contributed by atoms with Gasteiger partial charge in [-0.2, -0.15) is 0 Å². The van der Waals surface area contributed by atoms with Gasteiger partial charge in [0.05, 0.1) is 12.0 Å². The van der Waals surface area contributed by atoms with E-state index in [1.165, 1.54) is 0 Å². The van der Waals surface area contributed by atoms with Crippen LogP contribution < -0.4 is 0 Å². The zero-order chi connectivity index (χ0) is 12.8. The van der Waals surface area contributed by atoms with Crippen molar-refractivity contribution >= 4 is 16.7 Å². The molecule has 1 aromatic carbocycles. The Morgan fingerprint density at radius 2 is 2.11 bits per heavy atom. The summed E-state index contributed by atoms with van der Waals surface area (Å²) in [6.45, 7) is -0.0327. The smallest absolute Gasteiger partial charge is 0.173 e. The second-order valence-electron chi connectivity index (χ2n) is 5.29. The van der Waals surface area contributed by atoms with Gasteiger partial charge in [0, 0.05) is 29.7 Å². The number of carbonyl (C=O) groups is 1. The van der Waals surface area contributed by atoms with Crippen molar-refractivity contribution in [3.05, 3.63) is 36.0 Å². The van der Waals surface area contributed by atoms with Gasteiger partial charge >= 0.3 is 0 Å². The monoisotopic (exact) mass is 243 g/mol. The summed E-state index contributed by atoms with van der Waals surface area (Å²) >= 11 is 0. The van der Waals surface area contributed by atoms with Crippen molar-refractivity contribution in [1.82, 2.24) is 4.57 Å². The summed E-state index contributed by atoms with van der Waals surface area (Å²) in [5, 5.41) is 10.5. The number of rotatable bonds is 3. The maximum Gasteiger partial charge on any atom is 0.173 e. The molecule has 1 aliphatic rings. The lowest BCUT2D eigenvalue weighted by molar-refractivity contribution is 0.0349. The van der Waals surface area contributed by atoms with Gasteiger partial charge in [0.25, 0.3) is 0 Å². The van der Waals surface area contributed by atoms with E-state index in [-0.39, 0.29) is 12.4 Å². The summed E-state index contributed by atoms with van der Waals surface area (Å²) in [6, 6.07) is 7.91. The van der Waals surface area contributed by atoms with Crippen molar-refractivity contribution in [1.29, 1.82) is 0 Å². The molecule has 3 heteroatoms. The van der Waals surface area contributed by atoms with E-state index in [4.69, 9.17) is 0 Å². The first-order chi connectivity index (χ1) is 8.68. The fourth-order valence-corrected chi connectivity index (χ4v) is 2.87. The summed E-state index contributed by atoms with van der Waals surface area (Å²) < 4.78 is 1.98. The topological polar surface area (TPSA) is 42.2 Å². The van der Waals surface area contributed by atoms with Gasteiger partial charge in [-0.1, -0.05) is 24.6 Å². The number of fused-ring (bicyclic) bond motifs is 1. The molecule has 0 atom stereocenters. The third-order valence-corrected chi connectivity index (χ3v) is 4.24. The Labute approximate surface area is 106 Å². The summed E-state index contributed by atoms with van der Waals surface area (Å²) in [6.07, 6.45) is 4.55.